The molecule has 7 nitrogen and oxygen atoms in total. The molecule has 0 bridgehead atoms. The van der Waals surface area contributed by atoms with E-state index in [2.05, 4.69) is 32.5 Å². The topological polar surface area (TPSA) is 92.9 Å². The predicted molar refractivity (Wildman–Crippen MR) is 142 cm³/mol. The molecular weight excluding hydrogens is 522 g/mol. The molecule has 0 saturated heterocycles. The maximum Gasteiger partial charge on any atom is 0.275 e. The van der Waals surface area contributed by atoms with Crippen LogP contribution in [0, 0.1) is 11.3 Å². The molecule has 0 fully saturated rings. The van der Waals surface area contributed by atoms with Crippen molar-refractivity contribution >= 4 is 38.8 Å². The van der Waals surface area contributed by atoms with Crippen LogP contribution in [0.15, 0.2) is 82.4 Å². The summed E-state index contributed by atoms with van der Waals surface area (Å²) in [5.41, 5.74) is 4.93. The summed E-state index contributed by atoms with van der Waals surface area (Å²) < 4.78 is 17.5. The van der Waals surface area contributed by atoms with Gasteiger partial charge in [-0.05, 0) is 57.0 Å². The Bertz CT molecular complexity index is 1490. The Morgan fingerprint density at radius 2 is 1.67 bits per heavy atom. The Kier molecular flexibility index (Phi) is 7.83. The number of hydrogen-bond acceptors (Lipinski definition) is 6. The number of halogens is 1. The summed E-state index contributed by atoms with van der Waals surface area (Å²) in [6.07, 6.45) is 1.51. The van der Waals surface area contributed by atoms with E-state index in [-0.39, 0.29) is 6.61 Å². The number of nitriles is 1. The van der Waals surface area contributed by atoms with Crippen LogP contribution in [0.1, 0.15) is 27.0 Å². The summed E-state index contributed by atoms with van der Waals surface area (Å²) in [7, 11) is 3.06. The number of carbonyl (C=O) groups is 1. The van der Waals surface area contributed by atoms with Crippen LogP contribution in [0.5, 0.6) is 17.2 Å². The third-order valence-corrected chi connectivity index (χ3v) is 6.17. The van der Waals surface area contributed by atoms with Gasteiger partial charge in [0.1, 0.15) is 12.4 Å². The summed E-state index contributed by atoms with van der Waals surface area (Å²) in [5.74, 6) is 1.05. The molecule has 0 unspecified atom stereocenters. The van der Waals surface area contributed by atoms with Crippen LogP contribution in [0.3, 0.4) is 0 Å². The highest BCUT2D eigenvalue weighted by atomic mass is 79.9. The summed E-state index contributed by atoms with van der Waals surface area (Å²) in [6, 6.07) is 24.2. The molecule has 0 aliphatic rings. The molecule has 4 rings (SSSR count). The molecule has 1 N–H and O–H groups in total. The van der Waals surface area contributed by atoms with Crippen LogP contribution in [-0.2, 0) is 6.61 Å². The molecule has 4 aromatic rings. The van der Waals surface area contributed by atoms with Gasteiger partial charge in [0, 0.05) is 15.6 Å². The van der Waals surface area contributed by atoms with E-state index in [9.17, 15) is 10.1 Å². The molecule has 0 radical (unpaired) electrons. The Morgan fingerprint density at radius 3 is 2.39 bits per heavy atom. The van der Waals surface area contributed by atoms with Crippen molar-refractivity contribution in [3.05, 3.63) is 99.5 Å². The normalized spacial score (nSPS) is 10.7. The van der Waals surface area contributed by atoms with Crippen molar-refractivity contribution in [3.8, 4) is 23.3 Å². The molecule has 180 valence electrons. The summed E-state index contributed by atoms with van der Waals surface area (Å²) in [6.45, 7) is 0.212. The smallest absolute Gasteiger partial charge is 0.275 e. The van der Waals surface area contributed by atoms with Gasteiger partial charge in [0.15, 0.2) is 11.5 Å². The monoisotopic (exact) mass is 543 g/mol. The molecule has 8 heteroatoms. The van der Waals surface area contributed by atoms with Crippen molar-refractivity contribution in [1.29, 1.82) is 5.26 Å². The maximum absolute atomic E-state index is 12.8. The minimum atomic E-state index is -0.395. The number of hydrogen-bond donors (Lipinski definition) is 1. The number of methoxy groups -OCH3 is 2. The van der Waals surface area contributed by atoms with Crippen LogP contribution in [0.25, 0.3) is 10.8 Å². The van der Waals surface area contributed by atoms with Crippen molar-refractivity contribution in [2.75, 3.05) is 14.2 Å². The van der Waals surface area contributed by atoms with E-state index in [0.717, 1.165) is 16.3 Å². The number of hydrazone groups is 1. The predicted octanol–water partition coefficient (Wildman–Crippen LogP) is 5.83. The highest BCUT2D eigenvalue weighted by Gasteiger charge is 2.14. The van der Waals surface area contributed by atoms with Gasteiger partial charge < -0.3 is 14.2 Å². The molecule has 0 spiro atoms. The van der Waals surface area contributed by atoms with Gasteiger partial charge in [0.25, 0.3) is 5.91 Å². The van der Waals surface area contributed by atoms with E-state index in [0.29, 0.717) is 38.4 Å². The van der Waals surface area contributed by atoms with Gasteiger partial charge in [-0.2, -0.15) is 10.4 Å². The zero-order chi connectivity index (χ0) is 25.5. The van der Waals surface area contributed by atoms with E-state index in [1.54, 1.807) is 24.3 Å². The van der Waals surface area contributed by atoms with Crippen molar-refractivity contribution in [2.24, 2.45) is 5.10 Å². The van der Waals surface area contributed by atoms with Gasteiger partial charge in [-0.25, -0.2) is 5.43 Å². The number of nitrogens with one attached hydrogen (secondary N) is 1. The van der Waals surface area contributed by atoms with E-state index in [1.807, 2.05) is 48.5 Å². The lowest BCUT2D eigenvalue weighted by Gasteiger charge is -2.13. The molecule has 36 heavy (non-hydrogen) atoms. The van der Waals surface area contributed by atoms with Gasteiger partial charge in [-0.3, -0.25) is 4.79 Å². The fourth-order valence-corrected chi connectivity index (χ4v) is 4.04. The van der Waals surface area contributed by atoms with Crippen LogP contribution >= 0.6 is 15.9 Å². The third-order valence-electron chi connectivity index (χ3n) is 5.49. The van der Waals surface area contributed by atoms with E-state index >= 15 is 0 Å². The number of rotatable bonds is 8. The zero-order valence-corrected chi connectivity index (χ0v) is 21.2. The average Bonchev–Trinajstić information content (AvgIpc) is 2.92. The second kappa shape index (κ2) is 11.4. The van der Waals surface area contributed by atoms with Crippen molar-refractivity contribution in [3.63, 3.8) is 0 Å². The van der Waals surface area contributed by atoms with E-state index in [1.165, 1.54) is 20.4 Å². The molecule has 0 aliphatic carbocycles. The summed E-state index contributed by atoms with van der Waals surface area (Å²) >= 11 is 3.52. The van der Waals surface area contributed by atoms with E-state index < -0.39 is 5.91 Å². The number of nitrogens with zero attached hydrogens (tertiary/aromatic N) is 2. The minimum Gasteiger partial charge on any atom is -0.496 e. The van der Waals surface area contributed by atoms with Crippen LogP contribution in [0.4, 0.5) is 0 Å². The standard InChI is InChI=1S/C28H22BrN3O4/c1-34-25-12-19-8-4-3-7-18(19)11-23(25)28(33)32-31-16-22-13-26(35-2)27(14-24(22)29)36-17-21-10-6-5-9-20(21)15-30/h3-14,16H,17H2,1-2H3,(H,32,33)/b31-16-. The van der Waals surface area contributed by atoms with Gasteiger partial charge in [0.05, 0.1) is 37.6 Å². The molecule has 1 amide bonds. The zero-order valence-electron chi connectivity index (χ0n) is 19.6. The highest BCUT2D eigenvalue weighted by molar-refractivity contribution is 9.10. The third kappa shape index (κ3) is 5.48. The number of amides is 1. The average molecular weight is 544 g/mol. The highest BCUT2D eigenvalue weighted by Crippen LogP contribution is 2.33. The Balaban J connectivity index is 1.50. The molecule has 4 aromatic carbocycles. The number of ether oxygens (including phenoxy) is 3. The molecule has 0 aromatic heterocycles. The fraction of sp³-hybridized carbons (Fsp3) is 0.107. The lowest BCUT2D eigenvalue weighted by Crippen LogP contribution is -2.18. The molecule has 0 heterocycles. The van der Waals surface area contributed by atoms with Crippen LogP contribution in [0.2, 0.25) is 0 Å². The second-order valence-corrected chi connectivity index (χ2v) is 8.54. The maximum atomic E-state index is 12.8. The van der Waals surface area contributed by atoms with Gasteiger partial charge in [0.2, 0.25) is 0 Å². The summed E-state index contributed by atoms with van der Waals surface area (Å²) in [5, 5.41) is 15.3. The molecule has 0 atom stereocenters. The summed E-state index contributed by atoms with van der Waals surface area (Å²) in [4.78, 5) is 12.8. The van der Waals surface area contributed by atoms with Gasteiger partial charge >= 0.3 is 0 Å². The lowest BCUT2D eigenvalue weighted by atomic mass is 10.1. The first-order valence-corrected chi connectivity index (χ1v) is 11.7. The first-order chi connectivity index (χ1) is 17.5. The number of benzene rings is 4. The first kappa shape index (κ1) is 24.8. The molecular formula is C28H22BrN3O4. The Morgan fingerprint density at radius 1 is 0.972 bits per heavy atom. The lowest BCUT2D eigenvalue weighted by molar-refractivity contribution is 0.0952. The number of carbonyl (C=O) groups excluding carboxylic acids is 1. The largest absolute Gasteiger partial charge is 0.496 e. The fourth-order valence-electron chi connectivity index (χ4n) is 3.62. The van der Waals surface area contributed by atoms with Crippen LogP contribution < -0.4 is 19.6 Å². The quantitative estimate of drug-likeness (QED) is 0.223. The van der Waals surface area contributed by atoms with E-state index in [4.69, 9.17) is 14.2 Å². The number of fused-ring (bicyclic) bond motifs is 1. The van der Waals surface area contributed by atoms with Gasteiger partial charge in [-0.1, -0.05) is 42.5 Å². The first-order valence-electron chi connectivity index (χ1n) is 10.9. The minimum absolute atomic E-state index is 0.212. The van der Waals surface area contributed by atoms with Crippen molar-refractivity contribution in [2.45, 2.75) is 6.61 Å². The van der Waals surface area contributed by atoms with Gasteiger partial charge in [-0.15, -0.1) is 0 Å². The Labute approximate surface area is 217 Å². The Hall–Kier alpha value is -4.35. The molecule has 0 aliphatic heterocycles. The SMILES string of the molecule is COc1cc(/C=N\NC(=O)c2cc3ccccc3cc2OC)c(Br)cc1OCc1ccccc1C#N. The van der Waals surface area contributed by atoms with Crippen LogP contribution in [-0.4, -0.2) is 26.3 Å². The van der Waals surface area contributed by atoms with Crippen molar-refractivity contribution in [1.82, 2.24) is 5.43 Å². The molecule has 0 saturated carbocycles. The second-order valence-electron chi connectivity index (χ2n) is 7.68. The van der Waals surface area contributed by atoms with Crippen molar-refractivity contribution < 1.29 is 19.0 Å².